The zero-order chi connectivity index (χ0) is 11.6. The molecule has 0 saturated heterocycles. The maximum atomic E-state index is 13.5. The molecule has 0 aliphatic rings. The first-order valence-electron chi connectivity index (χ1n) is 4.34. The molecule has 0 fully saturated rings. The van der Waals surface area contributed by atoms with Crippen molar-refractivity contribution in [2.75, 3.05) is 7.05 Å². The van der Waals surface area contributed by atoms with E-state index in [4.69, 9.17) is 0 Å². The van der Waals surface area contributed by atoms with E-state index in [1.807, 2.05) is 0 Å². The second kappa shape index (κ2) is 4.81. The Kier molecular flexibility index (Phi) is 3.93. The summed E-state index contributed by atoms with van der Waals surface area (Å²) in [7, 11) is 1.55. The molecule has 1 unspecified atom stereocenters. The largest absolute Gasteiger partial charge is 0.310 e. The molecular formula is C10H10BrF2NO. The molecule has 0 saturated carbocycles. The van der Waals surface area contributed by atoms with Gasteiger partial charge in [-0.2, -0.15) is 0 Å². The third-order valence-electron chi connectivity index (χ3n) is 2.12. The predicted molar refractivity (Wildman–Crippen MR) is 56.9 cm³/mol. The van der Waals surface area contributed by atoms with Gasteiger partial charge in [-0.25, -0.2) is 8.78 Å². The fourth-order valence-electron chi connectivity index (χ4n) is 1.10. The molecule has 15 heavy (non-hydrogen) atoms. The summed E-state index contributed by atoms with van der Waals surface area (Å²) in [6.45, 7) is 1.54. The molecule has 0 radical (unpaired) electrons. The molecule has 0 aliphatic heterocycles. The minimum absolute atomic E-state index is 0.0792. The summed E-state index contributed by atoms with van der Waals surface area (Å²) in [6, 6.07) is 1.66. The van der Waals surface area contributed by atoms with Gasteiger partial charge in [0.05, 0.1) is 16.1 Å². The molecule has 0 spiro atoms. The van der Waals surface area contributed by atoms with Crippen molar-refractivity contribution in [3.8, 4) is 0 Å². The molecule has 0 bridgehead atoms. The standard InChI is InChI=1S/C10H10BrF2NO/c1-5(14-2)10(15)8-7(12)4-3-6(11)9(8)13/h3-5,14H,1-2H3. The van der Waals surface area contributed by atoms with Crippen LogP contribution in [0.15, 0.2) is 16.6 Å². The van der Waals surface area contributed by atoms with Crippen LogP contribution in [0.25, 0.3) is 0 Å². The van der Waals surface area contributed by atoms with Crippen molar-refractivity contribution >= 4 is 21.7 Å². The summed E-state index contributed by atoms with van der Waals surface area (Å²) in [4.78, 5) is 11.6. The Hall–Kier alpha value is -0.810. The number of hydrogen-bond acceptors (Lipinski definition) is 2. The van der Waals surface area contributed by atoms with Crippen LogP contribution in [0.3, 0.4) is 0 Å². The van der Waals surface area contributed by atoms with Crippen LogP contribution in [0.1, 0.15) is 17.3 Å². The van der Waals surface area contributed by atoms with Gasteiger partial charge in [-0.1, -0.05) is 0 Å². The average molecular weight is 278 g/mol. The Labute approximate surface area is 94.8 Å². The molecule has 1 N–H and O–H groups in total. The number of likely N-dealkylation sites (N-methyl/N-ethyl adjacent to an activating group) is 1. The van der Waals surface area contributed by atoms with E-state index in [2.05, 4.69) is 21.2 Å². The predicted octanol–water partition coefficient (Wildman–Crippen LogP) is 2.52. The molecule has 1 rings (SSSR count). The minimum atomic E-state index is -0.859. The number of carbonyl (C=O) groups is 1. The highest BCUT2D eigenvalue weighted by atomic mass is 79.9. The number of halogens is 3. The molecule has 5 heteroatoms. The van der Waals surface area contributed by atoms with Crippen molar-refractivity contribution < 1.29 is 13.6 Å². The summed E-state index contributed by atoms with van der Waals surface area (Å²) < 4.78 is 26.8. The van der Waals surface area contributed by atoms with Crippen LogP contribution in [0.5, 0.6) is 0 Å². The first-order valence-corrected chi connectivity index (χ1v) is 5.13. The minimum Gasteiger partial charge on any atom is -0.310 e. The Morgan fingerprint density at radius 2 is 2.07 bits per heavy atom. The van der Waals surface area contributed by atoms with Gasteiger partial charge in [0.25, 0.3) is 0 Å². The van der Waals surface area contributed by atoms with E-state index in [9.17, 15) is 13.6 Å². The lowest BCUT2D eigenvalue weighted by Crippen LogP contribution is -2.32. The highest BCUT2D eigenvalue weighted by Crippen LogP contribution is 2.22. The highest BCUT2D eigenvalue weighted by Gasteiger charge is 2.23. The number of nitrogens with one attached hydrogen (secondary N) is 1. The van der Waals surface area contributed by atoms with Gasteiger partial charge in [0.1, 0.15) is 5.82 Å². The summed E-state index contributed by atoms with van der Waals surface area (Å²) in [5.41, 5.74) is -0.508. The molecule has 0 amide bonds. The second-order valence-electron chi connectivity index (χ2n) is 3.09. The SMILES string of the molecule is CNC(C)C(=O)c1c(F)ccc(Br)c1F. The van der Waals surface area contributed by atoms with Crippen LogP contribution in [-0.4, -0.2) is 18.9 Å². The second-order valence-corrected chi connectivity index (χ2v) is 3.95. The lowest BCUT2D eigenvalue weighted by Gasteiger charge is -2.11. The van der Waals surface area contributed by atoms with Gasteiger partial charge in [-0.15, -0.1) is 0 Å². The molecular weight excluding hydrogens is 268 g/mol. The van der Waals surface area contributed by atoms with Gasteiger partial charge in [0.2, 0.25) is 0 Å². The molecule has 0 aliphatic carbocycles. The molecule has 1 aromatic carbocycles. The van der Waals surface area contributed by atoms with Crippen LogP contribution in [0, 0.1) is 11.6 Å². The van der Waals surface area contributed by atoms with E-state index in [-0.39, 0.29) is 4.47 Å². The lowest BCUT2D eigenvalue weighted by molar-refractivity contribution is 0.0946. The topological polar surface area (TPSA) is 29.1 Å². The normalized spacial score (nSPS) is 12.6. The number of benzene rings is 1. The Morgan fingerprint density at radius 3 is 2.60 bits per heavy atom. The average Bonchev–Trinajstić information content (AvgIpc) is 2.22. The van der Waals surface area contributed by atoms with Gasteiger partial charge in [-0.05, 0) is 42.0 Å². The van der Waals surface area contributed by atoms with E-state index in [1.54, 1.807) is 14.0 Å². The lowest BCUT2D eigenvalue weighted by atomic mass is 10.0. The Bertz CT molecular complexity index is 395. The van der Waals surface area contributed by atoms with E-state index in [0.717, 1.165) is 6.07 Å². The summed E-state index contributed by atoms with van der Waals surface area (Å²) in [5, 5.41) is 2.64. The molecule has 1 atom stereocenters. The van der Waals surface area contributed by atoms with Crippen LogP contribution in [0.4, 0.5) is 8.78 Å². The number of Topliss-reactive ketones (excluding diaryl/α,β-unsaturated/α-hetero) is 1. The summed E-state index contributed by atoms with van der Waals surface area (Å²) in [6.07, 6.45) is 0. The number of ketones is 1. The Morgan fingerprint density at radius 1 is 1.47 bits per heavy atom. The number of rotatable bonds is 3. The summed E-state index contributed by atoms with van der Waals surface area (Å²) in [5.74, 6) is -2.31. The maximum Gasteiger partial charge on any atom is 0.185 e. The monoisotopic (exact) mass is 277 g/mol. The molecule has 1 aromatic rings. The van der Waals surface area contributed by atoms with Crippen molar-refractivity contribution in [1.29, 1.82) is 0 Å². The van der Waals surface area contributed by atoms with Gasteiger partial charge in [0.15, 0.2) is 11.6 Å². The zero-order valence-corrected chi connectivity index (χ0v) is 9.86. The number of hydrogen-bond donors (Lipinski definition) is 1. The van der Waals surface area contributed by atoms with Gasteiger partial charge in [-0.3, -0.25) is 4.79 Å². The molecule has 82 valence electrons. The van der Waals surface area contributed by atoms with Gasteiger partial charge in [0, 0.05) is 0 Å². The number of carbonyl (C=O) groups excluding carboxylic acids is 1. The van der Waals surface area contributed by atoms with Crippen molar-refractivity contribution in [1.82, 2.24) is 5.32 Å². The molecule has 0 heterocycles. The van der Waals surface area contributed by atoms with Crippen molar-refractivity contribution in [2.45, 2.75) is 13.0 Å². The first-order chi connectivity index (χ1) is 6.99. The quantitative estimate of drug-likeness (QED) is 0.680. The van der Waals surface area contributed by atoms with E-state index in [1.165, 1.54) is 6.07 Å². The van der Waals surface area contributed by atoms with E-state index >= 15 is 0 Å². The van der Waals surface area contributed by atoms with Gasteiger partial charge < -0.3 is 5.32 Å². The zero-order valence-electron chi connectivity index (χ0n) is 8.27. The molecule has 0 aromatic heterocycles. The van der Waals surface area contributed by atoms with Crippen molar-refractivity contribution in [3.63, 3.8) is 0 Å². The van der Waals surface area contributed by atoms with E-state index < -0.39 is 29.0 Å². The van der Waals surface area contributed by atoms with Crippen LogP contribution in [0.2, 0.25) is 0 Å². The van der Waals surface area contributed by atoms with Crippen LogP contribution >= 0.6 is 15.9 Å². The third kappa shape index (κ3) is 2.41. The van der Waals surface area contributed by atoms with Crippen molar-refractivity contribution in [2.24, 2.45) is 0 Å². The maximum absolute atomic E-state index is 13.5. The fourth-order valence-corrected chi connectivity index (χ4v) is 1.43. The fraction of sp³-hybridized carbons (Fsp3) is 0.300. The highest BCUT2D eigenvalue weighted by molar-refractivity contribution is 9.10. The Balaban J connectivity index is 3.24. The first kappa shape index (κ1) is 12.3. The third-order valence-corrected chi connectivity index (χ3v) is 2.73. The summed E-state index contributed by atoms with van der Waals surface area (Å²) >= 11 is 2.91. The smallest absolute Gasteiger partial charge is 0.185 e. The van der Waals surface area contributed by atoms with Crippen LogP contribution < -0.4 is 5.32 Å². The van der Waals surface area contributed by atoms with Crippen LogP contribution in [-0.2, 0) is 0 Å². The van der Waals surface area contributed by atoms with Gasteiger partial charge >= 0.3 is 0 Å². The van der Waals surface area contributed by atoms with Crippen molar-refractivity contribution in [3.05, 3.63) is 33.8 Å². The molecule has 2 nitrogen and oxygen atoms in total. The van der Waals surface area contributed by atoms with E-state index in [0.29, 0.717) is 0 Å².